The second-order valence-electron chi connectivity index (χ2n) is 2.25. The molecule has 0 unspecified atom stereocenters. The summed E-state index contributed by atoms with van der Waals surface area (Å²) in [5, 5.41) is 0. The number of nitrogens with zero attached hydrogens (tertiary/aromatic N) is 3. The number of furan rings is 1. The number of rotatable bonds is 5. The van der Waals surface area contributed by atoms with Crippen LogP contribution in [-0.4, -0.2) is 15.0 Å². The molecule has 0 bridgehead atoms. The van der Waals surface area contributed by atoms with Crippen LogP contribution < -0.4 is 0 Å². The van der Waals surface area contributed by atoms with Gasteiger partial charge in [0, 0.05) is 11.3 Å². The van der Waals surface area contributed by atoms with Gasteiger partial charge in [0.15, 0.2) is 0 Å². The quantitative estimate of drug-likeness (QED) is 0.422. The Morgan fingerprint density at radius 3 is 3.00 bits per heavy atom. The van der Waals surface area contributed by atoms with Crippen molar-refractivity contribution < 1.29 is 17.0 Å². The summed E-state index contributed by atoms with van der Waals surface area (Å²) < 4.78 is 33.1. The van der Waals surface area contributed by atoms with Crippen molar-refractivity contribution in [2.45, 2.75) is 6.42 Å². The highest BCUT2D eigenvalue weighted by Gasteiger charge is 2.07. The zero-order chi connectivity index (χ0) is 10.4. The monoisotopic (exact) mass is 217 g/mol. The molecule has 14 heavy (non-hydrogen) atoms. The van der Waals surface area contributed by atoms with Crippen molar-refractivity contribution in [1.29, 1.82) is 0 Å². The lowest BCUT2D eigenvalue weighted by molar-refractivity contribution is 0.311. The fraction of sp³-hybridized carbons (Fsp3) is 0.333. The van der Waals surface area contributed by atoms with E-state index in [0.29, 0.717) is 12.2 Å². The topological polar surface area (TPSA) is 105 Å². The largest absolute Gasteiger partial charge is 0.469 e. The summed E-state index contributed by atoms with van der Waals surface area (Å²) >= 11 is 0. The third-order valence-corrected chi connectivity index (χ3v) is 2.03. The molecular formula is C6H7N3O4S. The minimum Gasteiger partial charge on any atom is -0.469 e. The summed E-state index contributed by atoms with van der Waals surface area (Å²) in [7, 11) is -4.12. The molecule has 1 aromatic rings. The first-order valence-electron chi connectivity index (χ1n) is 3.62. The number of azide groups is 1. The second kappa shape index (κ2) is 4.66. The average molecular weight is 217 g/mol. The summed E-state index contributed by atoms with van der Waals surface area (Å²) in [5.41, 5.74) is 7.87. The molecule has 0 aliphatic heterocycles. The van der Waals surface area contributed by atoms with E-state index in [1.165, 1.54) is 6.26 Å². The van der Waals surface area contributed by atoms with Crippen LogP contribution in [0.3, 0.4) is 0 Å². The summed E-state index contributed by atoms with van der Waals surface area (Å²) in [6.45, 7) is -0.116. The SMILES string of the molecule is [N-]=[N+]=NS(=O)(=O)OCCc1ccco1. The van der Waals surface area contributed by atoms with E-state index in [9.17, 15) is 8.42 Å². The number of hydrogen-bond donors (Lipinski definition) is 0. The molecule has 1 heterocycles. The Balaban J connectivity index is 2.39. The molecule has 8 heteroatoms. The van der Waals surface area contributed by atoms with E-state index in [0.717, 1.165) is 0 Å². The Hall–Kier alpha value is -1.50. The van der Waals surface area contributed by atoms with Gasteiger partial charge in [0.05, 0.1) is 17.4 Å². The molecule has 0 saturated heterocycles. The first-order valence-corrected chi connectivity index (χ1v) is 4.99. The van der Waals surface area contributed by atoms with E-state index >= 15 is 0 Å². The summed E-state index contributed by atoms with van der Waals surface area (Å²) in [6, 6.07) is 3.36. The molecule has 0 radical (unpaired) electrons. The van der Waals surface area contributed by atoms with Crippen LogP contribution in [0.1, 0.15) is 5.76 Å². The van der Waals surface area contributed by atoms with Gasteiger partial charge in [-0.1, -0.05) is 0 Å². The fourth-order valence-electron chi connectivity index (χ4n) is 0.771. The van der Waals surface area contributed by atoms with Crippen LogP contribution in [0, 0.1) is 0 Å². The highest BCUT2D eigenvalue weighted by Crippen LogP contribution is 2.03. The first kappa shape index (κ1) is 10.6. The number of hydrogen-bond acceptors (Lipinski definition) is 4. The Bertz CT molecular complexity index is 418. The molecule has 1 aromatic heterocycles. The lowest BCUT2D eigenvalue weighted by atomic mass is 10.3. The summed E-state index contributed by atoms with van der Waals surface area (Å²) in [5.74, 6) is 0.598. The van der Waals surface area contributed by atoms with E-state index in [1.54, 1.807) is 12.1 Å². The van der Waals surface area contributed by atoms with E-state index in [4.69, 9.17) is 9.95 Å². The molecule has 0 aliphatic rings. The van der Waals surface area contributed by atoms with Gasteiger partial charge in [0.1, 0.15) is 5.76 Å². The van der Waals surface area contributed by atoms with Crippen molar-refractivity contribution in [3.05, 3.63) is 34.6 Å². The van der Waals surface area contributed by atoms with Crippen LogP contribution in [0.2, 0.25) is 0 Å². The molecule has 0 amide bonds. The molecule has 7 nitrogen and oxygen atoms in total. The van der Waals surface area contributed by atoms with Gasteiger partial charge in [0.2, 0.25) is 0 Å². The Labute approximate surface area is 80.2 Å². The van der Waals surface area contributed by atoms with Crippen molar-refractivity contribution in [3.8, 4) is 0 Å². The van der Waals surface area contributed by atoms with E-state index in [1.807, 2.05) is 0 Å². The van der Waals surface area contributed by atoms with Crippen molar-refractivity contribution in [3.63, 3.8) is 0 Å². The Morgan fingerprint density at radius 2 is 2.43 bits per heavy atom. The molecule has 76 valence electrons. The molecule has 0 aromatic carbocycles. The zero-order valence-corrected chi connectivity index (χ0v) is 7.85. The van der Waals surface area contributed by atoms with Crippen LogP contribution in [0.5, 0.6) is 0 Å². The molecule has 1 rings (SSSR count). The summed E-state index contributed by atoms with van der Waals surface area (Å²) in [4.78, 5) is 2.11. The fourth-order valence-corrected chi connectivity index (χ4v) is 1.20. The highest BCUT2D eigenvalue weighted by molar-refractivity contribution is 7.85. The third-order valence-electron chi connectivity index (χ3n) is 1.30. The highest BCUT2D eigenvalue weighted by atomic mass is 32.2. The van der Waals surface area contributed by atoms with Gasteiger partial charge in [-0.25, -0.2) is 0 Å². The maximum Gasteiger partial charge on any atom is 0.358 e. The molecule has 0 aliphatic carbocycles. The van der Waals surface area contributed by atoms with Gasteiger partial charge in [0.25, 0.3) is 0 Å². The third kappa shape index (κ3) is 3.48. The van der Waals surface area contributed by atoms with E-state index in [-0.39, 0.29) is 6.61 Å². The Morgan fingerprint density at radius 1 is 1.64 bits per heavy atom. The molecule has 0 saturated carbocycles. The smallest absolute Gasteiger partial charge is 0.358 e. The minimum absolute atomic E-state index is 0.116. The molecule has 0 spiro atoms. The Kier molecular flexibility index (Phi) is 3.52. The van der Waals surface area contributed by atoms with Crippen molar-refractivity contribution in [1.82, 2.24) is 0 Å². The maximum atomic E-state index is 10.7. The molecule has 0 N–H and O–H groups in total. The van der Waals surface area contributed by atoms with E-state index in [2.05, 4.69) is 13.6 Å². The van der Waals surface area contributed by atoms with Gasteiger partial charge < -0.3 is 4.42 Å². The summed E-state index contributed by atoms with van der Waals surface area (Å²) in [6.07, 6.45) is 1.77. The molecule has 0 fully saturated rings. The molecular weight excluding hydrogens is 210 g/mol. The van der Waals surface area contributed by atoms with Crippen LogP contribution in [0.15, 0.2) is 27.3 Å². The van der Waals surface area contributed by atoms with Crippen molar-refractivity contribution >= 4 is 10.3 Å². The lowest BCUT2D eigenvalue weighted by Gasteiger charge is -1.97. The van der Waals surface area contributed by atoms with Crippen LogP contribution in [-0.2, 0) is 20.9 Å². The van der Waals surface area contributed by atoms with Crippen LogP contribution in [0.25, 0.3) is 10.4 Å². The van der Waals surface area contributed by atoms with Gasteiger partial charge in [-0.3, -0.25) is 4.18 Å². The maximum absolute atomic E-state index is 10.7. The zero-order valence-electron chi connectivity index (χ0n) is 7.03. The van der Waals surface area contributed by atoms with Crippen molar-refractivity contribution in [2.75, 3.05) is 6.61 Å². The van der Waals surface area contributed by atoms with Gasteiger partial charge in [-0.05, 0) is 17.7 Å². The van der Waals surface area contributed by atoms with Crippen LogP contribution >= 0.6 is 0 Å². The standard InChI is InChI=1S/C6H7N3O4S/c7-8-9-14(10,11)13-5-3-6-2-1-4-12-6/h1-2,4H,3,5H2. The minimum atomic E-state index is -4.12. The van der Waals surface area contributed by atoms with E-state index < -0.39 is 10.3 Å². The van der Waals surface area contributed by atoms with Crippen LogP contribution in [0.4, 0.5) is 0 Å². The van der Waals surface area contributed by atoms with Gasteiger partial charge in [-0.15, -0.1) is 0 Å². The van der Waals surface area contributed by atoms with Gasteiger partial charge in [-0.2, -0.15) is 8.42 Å². The van der Waals surface area contributed by atoms with Crippen molar-refractivity contribution in [2.24, 2.45) is 4.52 Å². The van der Waals surface area contributed by atoms with Gasteiger partial charge >= 0.3 is 10.3 Å². The first-order chi connectivity index (χ1) is 6.64. The average Bonchev–Trinajstić information content (AvgIpc) is 2.56. The normalized spacial score (nSPS) is 10.9. The molecule has 0 atom stereocenters. The second-order valence-corrected chi connectivity index (χ2v) is 3.50. The lowest BCUT2D eigenvalue weighted by Crippen LogP contribution is -2.04. The predicted molar refractivity (Wildman–Crippen MR) is 46.4 cm³/mol. The predicted octanol–water partition coefficient (Wildman–Crippen LogP) is 1.39.